The third-order valence-corrected chi connectivity index (χ3v) is 6.84. The molecule has 9 heteroatoms. The molecule has 1 aromatic carbocycles. The molecule has 4 aromatic rings. The first kappa shape index (κ1) is 18.0. The zero-order chi connectivity index (χ0) is 18.8. The lowest BCUT2D eigenvalue weighted by Gasteiger charge is -2.03. The SMILES string of the molecule is Cc1sc2ncnc(SCC(=O)Nc3nsc(-c4ccccc4)n3)c2c1C. The van der Waals surface area contributed by atoms with Gasteiger partial charge in [0, 0.05) is 15.8 Å². The summed E-state index contributed by atoms with van der Waals surface area (Å²) in [5, 5.41) is 5.40. The van der Waals surface area contributed by atoms with E-state index in [1.807, 2.05) is 30.3 Å². The predicted octanol–water partition coefficient (Wildman–Crippen LogP) is 4.56. The van der Waals surface area contributed by atoms with Crippen molar-refractivity contribution >= 4 is 56.7 Å². The van der Waals surface area contributed by atoms with Gasteiger partial charge in [-0.25, -0.2) is 9.97 Å². The van der Waals surface area contributed by atoms with Gasteiger partial charge in [-0.05, 0) is 30.9 Å². The number of nitrogens with zero attached hydrogens (tertiary/aromatic N) is 4. The Morgan fingerprint density at radius 1 is 1.19 bits per heavy atom. The molecule has 0 aliphatic heterocycles. The molecule has 0 aliphatic rings. The zero-order valence-electron chi connectivity index (χ0n) is 14.6. The lowest BCUT2D eigenvalue weighted by Crippen LogP contribution is -2.15. The normalized spacial score (nSPS) is 11.0. The molecule has 0 spiro atoms. The van der Waals surface area contributed by atoms with E-state index in [1.54, 1.807) is 17.7 Å². The summed E-state index contributed by atoms with van der Waals surface area (Å²) in [4.78, 5) is 27.5. The number of carbonyl (C=O) groups is 1. The van der Waals surface area contributed by atoms with Gasteiger partial charge in [-0.2, -0.15) is 9.36 Å². The Labute approximate surface area is 168 Å². The van der Waals surface area contributed by atoms with Crippen molar-refractivity contribution in [2.24, 2.45) is 0 Å². The molecule has 3 aromatic heterocycles. The van der Waals surface area contributed by atoms with Crippen LogP contribution in [0.5, 0.6) is 0 Å². The lowest BCUT2D eigenvalue weighted by atomic mass is 10.2. The molecule has 6 nitrogen and oxygen atoms in total. The van der Waals surface area contributed by atoms with Gasteiger partial charge in [0.15, 0.2) is 0 Å². The quantitative estimate of drug-likeness (QED) is 0.382. The van der Waals surface area contributed by atoms with Crippen molar-refractivity contribution < 1.29 is 4.79 Å². The number of nitrogens with one attached hydrogen (secondary N) is 1. The number of amides is 1. The number of carbonyl (C=O) groups excluding carboxylic acids is 1. The second-order valence-corrected chi connectivity index (χ2v) is 8.69. The van der Waals surface area contributed by atoms with Gasteiger partial charge in [0.1, 0.15) is 21.2 Å². The standard InChI is InChI=1S/C18H15N5OS3/c1-10-11(2)26-17-14(10)16(19-9-20-17)25-8-13(24)21-18-22-15(27-23-18)12-6-4-3-5-7-12/h3-7,9H,8H2,1-2H3,(H,21,23,24). The average molecular weight is 414 g/mol. The third kappa shape index (κ3) is 3.85. The molecule has 27 heavy (non-hydrogen) atoms. The molecule has 3 heterocycles. The molecule has 0 radical (unpaired) electrons. The van der Waals surface area contributed by atoms with Crippen molar-refractivity contribution in [3.63, 3.8) is 0 Å². The van der Waals surface area contributed by atoms with Crippen LogP contribution in [0.25, 0.3) is 20.8 Å². The fraction of sp³-hybridized carbons (Fsp3) is 0.167. The first-order chi connectivity index (χ1) is 13.1. The summed E-state index contributed by atoms with van der Waals surface area (Å²) < 4.78 is 4.22. The second-order valence-electron chi connectivity index (χ2n) is 5.77. The van der Waals surface area contributed by atoms with Gasteiger partial charge >= 0.3 is 0 Å². The Balaban J connectivity index is 1.43. The van der Waals surface area contributed by atoms with E-state index in [-0.39, 0.29) is 11.7 Å². The van der Waals surface area contributed by atoms with E-state index in [9.17, 15) is 4.79 Å². The Morgan fingerprint density at radius 3 is 2.81 bits per heavy atom. The van der Waals surface area contributed by atoms with Crippen LogP contribution >= 0.6 is 34.6 Å². The monoisotopic (exact) mass is 413 g/mol. The Kier molecular flexibility index (Phi) is 5.15. The number of thiophene rings is 1. The summed E-state index contributed by atoms with van der Waals surface area (Å²) in [7, 11) is 0. The van der Waals surface area contributed by atoms with E-state index in [0.717, 1.165) is 25.8 Å². The summed E-state index contributed by atoms with van der Waals surface area (Å²) in [6.07, 6.45) is 1.55. The number of aryl methyl sites for hydroxylation is 2. The van der Waals surface area contributed by atoms with Crippen LogP contribution < -0.4 is 5.32 Å². The average Bonchev–Trinajstić information content (AvgIpc) is 3.26. The molecule has 1 amide bonds. The van der Waals surface area contributed by atoms with E-state index in [4.69, 9.17) is 0 Å². The van der Waals surface area contributed by atoms with E-state index >= 15 is 0 Å². The molecule has 0 saturated heterocycles. The van der Waals surface area contributed by atoms with Gasteiger partial charge in [0.25, 0.3) is 0 Å². The molecule has 4 rings (SSSR count). The highest BCUT2D eigenvalue weighted by Crippen LogP contribution is 2.34. The van der Waals surface area contributed by atoms with Crippen LogP contribution in [-0.2, 0) is 4.79 Å². The van der Waals surface area contributed by atoms with Gasteiger partial charge in [-0.1, -0.05) is 42.1 Å². The molecular formula is C18H15N5OS3. The topological polar surface area (TPSA) is 80.7 Å². The van der Waals surface area contributed by atoms with Gasteiger partial charge in [0.2, 0.25) is 11.9 Å². The maximum Gasteiger partial charge on any atom is 0.241 e. The fourth-order valence-electron chi connectivity index (χ4n) is 2.53. The number of benzene rings is 1. The molecule has 136 valence electrons. The Hall–Kier alpha value is -2.36. The summed E-state index contributed by atoms with van der Waals surface area (Å²) >= 11 is 4.31. The van der Waals surface area contributed by atoms with Crippen molar-refractivity contribution in [2.75, 3.05) is 11.1 Å². The molecule has 0 atom stereocenters. The minimum Gasteiger partial charge on any atom is -0.293 e. The largest absolute Gasteiger partial charge is 0.293 e. The summed E-state index contributed by atoms with van der Waals surface area (Å²) in [5.74, 6) is 0.411. The van der Waals surface area contributed by atoms with Crippen LogP contribution in [0.3, 0.4) is 0 Å². The number of aromatic nitrogens is 4. The summed E-state index contributed by atoms with van der Waals surface area (Å²) in [6.45, 7) is 4.13. The third-order valence-electron chi connectivity index (χ3n) is 3.97. The first-order valence-electron chi connectivity index (χ1n) is 8.14. The minimum atomic E-state index is -0.159. The van der Waals surface area contributed by atoms with E-state index in [1.165, 1.54) is 33.7 Å². The molecule has 0 saturated carbocycles. The predicted molar refractivity (Wildman–Crippen MR) is 112 cm³/mol. The Morgan fingerprint density at radius 2 is 2.00 bits per heavy atom. The van der Waals surface area contributed by atoms with Crippen LogP contribution in [0.2, 0.25) is 0 Å². The Bertz CT molecular complexity index is 1110. The minimum absolute atomic E-state index is 0.159. The maximum absolute atomic E-state index is 12.3. The van der Waals surface area contributed by atoms with Crippen molar-refractivity contribution in [1.29, 1.82) is 0 Å². The van der Waals surface area contributed by atoms with Crippen molar-refractivity contribution in [1.82, 2.24) is 19.3 Å². The van der Waals surface area contributed by atoms with E-state index in [0.29, 0.717) is 5.95 Å². The highest BCUT2D eigenvalue weighted by atomic mass is 32.2. The summed E-state index contributed by atoms with van der Waals surface area (Å²) in [5.41, 5.74) is 2.16. The van der Waals surface area contributed by atoms with Gasteiger partial charge in [-0.15, -0.1) is 11.3 Å². The second kappa shape index (κ2) is 7.71. The smallest absolute Gasteiger partial charge is 0.241 e. The summed E-state index contributed by atoms with van der Waals surface area (Å²) in [6, 6.07) is 9.77. The van der Waals surface area contributed by atoms with Crippen LogP contribution in [0.1, 0.15) is 10.4 Å². The number of hydrogen-bond acceptors (Lipinski definition) is 8. The van der Waals surface area contributed by atoms with Crippen LogP contribution in [0.4, 0.5) is 5.95 Å². The van der Waals surface area contributed by atoms with E-state index in [2.05, 4.69) is 38.5 Å². The fourth-order valence-corrected chi connectivity index (χ4v) is 5.07. The van der Waals surface area contributed by atoms with Gasteiger partial charge in [0.05, 0.1) is 5.75 Å². The van der Waals surface area contributed by atoms with Crippen LogP contribution in [0, 0.1) is 13.8 Å². The van der Waals surface area contributed by atoms with Crippen LogP contribution in [-0.4, -0.2) is 31.0 Å². The highest BCUT2D eigenvalue weighted by molar-refractivity contribution is 8.00. The van der Waals surface area contributed by atoms with E-state index < -0.39 is 0 Å². The van der Waals surface area contributed by atoms with Gasteiger partial charge < -0.3 is 0 Å². The lowest BCUT2D eigenvalue weighted by molar-refractivity contribution is -0.113. The van der Waals surface area contributed by atoms with Crippen molar-refractivity contribution in [3.8, 4) is 10.6 Å². The van der Waals surface area contributed by atoms with Gasteiger partial charge in [-0.3, -0.25) is 10.1 Å². The first-order valence-corrected chi connectivity index (χ1v) is 10.7. The van der Waals surface area contributed by atoms with Crippen molar-refractivity contribution in [3.05, 3.63) is 47.1 Å². The number of fused-ring (bicyclic) bond motifs is 1. The molecule has 0 bridgehead atoms. The molecule has 0 aliphatic carbocycles. The molecule has 0 unspecified atom stereocenters. The van der Waals surface area contributed by atoms with Crippen molar-refractivity contribution in [2.45, 2.75) is 18.9 Å². The molecule has 1 N–H and O–H groups in total. The number of thioether (sulfide) groups is 1. The highest BCUT2D eigenvalue weighted by Gasteiger charge is 2.15. The zero-order valence-corrected chi connectivity index (χ0v) is 17.0. The number of hydrogen-bond donors (Lipinski definition) is 1. The molecule has 0 fully saturated rings. The molecular weight excluding hydrogens is 398 g/mol. The number of rotatable bonds is 5. The van der Waals surface area contributed by atoms with Crippen LogP contribution in [0.15, 0.2) is 41.7 Å². The maximum atomic E-state index is 12.3. The number of anilines is 1.